The van der Waals surface area contributed by atoms with Gasteiger partial charge in [0.15, 0.2) is 5.78 Å². The van der Waals surface area contributed by atoms with Gasteiger partial charge in [0, 0.05) is 4.47 Å². The Hall–Kier alpha value is -0.710. The topological polar surface area (TPSA) is 26.0 Å². The Morgan fingerprint density at radius 1 is 0.917 bits per heavy atom. The molecule has 4 aliphatic heterocycles. The number of carbonyl (C=O) groups is 1. The van der Waals surface area contributed by atoms with E-state index in [1.54, 1.807) is 9.80 Å². The highest BCUT2D eigenvalue weighted by Crippen LogP contribution is 2.44. The molecule has 0 aliphatic carbocycles. The number of Topliss-reactive ketones (excluding diaryl/α,β-unsaturated/α-hetero) is 1. The molecule has 4 saturated heterocycles. The van der Waals surface area contributed by atoms with Crippen molar-refractivity contribution in [3.8, 4) is 0 Å². The lowest BCUT2D eigenvalue weighted by Crippen LogP contribution is -3.41. The van der Waals surface area contributed by atoms with Gasteiger partial charge in [0.25, 0.3) is 0 Å². The summed E-state index contributed by atoms with van der Waals surface area (Å²) in [7, 11) is 0. The first-order chi connectivity index (χ1) is 11.3. The number of piperidine rings is 2. The van der Waals surface area contributed by atoms with Gasteiger partial charge in [-0.05, 0) is 36.1 Å². The minimum atomic E-state index is -0.114. The summed E-state index contributed by atoms with van der Waals surface area (Å²) < 4.78 is 1.14. The van der Waals surface area contributed by atoms with Crippen LogP contribution in [0, 0.1) is 22.7 Å². The van der Waals surface area contributed by atoms with E-state index in [-0.39, 0.29) is 10.8 Å². The highest BCUT2D eigenvalue weighted by Gasteiger charge is 2.72. The number of ketones is 1. The molecule has 24 heavy (non-hydrogen) atoms. The second-order valence-electron chi connectivity index (χ2n) is 8.96. The largest absolute Gasteiger partial charge is 0.297 e. The van der Waals surface area contributed by atoms with Crippen molar-refractivity contribution in [3.05, 3.63) is 34.3 Å². The van der Waals surface area contributed by atoms with Gasteiger partial charge in [-0.3, -0.25) is 14.6 Å². The summed E-state index contributed by atoms with van der Waals surface area (Å²) >= 11 is 3.55. The molecule has 5 rings (SSSR count). The summed E-state index contributed by atoms with van der Waals surface area (Å²) in [6.07, 6.45) is 0.491. The first-order valence-corrected chi connectivity index (χ1v) is 10.1. The van der Waals surface area contributed by atoms with Gasteiger partial charge in [0.2, 0.25) is 6.17 Å². The van der Waals surface area contributed by atoms with Crippen LogP contribution in [-0.2, 0) is 4.79 Å². The van der Waals surface area contributed by atoms with E-state index >= 15 is 0 Å². The normalized spacial score (nSPS) is 40.8. The lowest BCUT2D eigenvalue weighted by Gasteiger charge is -2.62. The smallest absolute Gasteiger partial charge is 0.240 e. The van der Waals surface area contributed by atoms with Crippen LogP contribution in [0.1, 0.15) is 39.4 Å². The van der Waals surface area contributed by atoms with Crippen LogP contribution >= 0.6 is 15.9 Å². The molecule has 1 aromatic carbocycles. The summed E-state index contributed by atoms with van der Waals surface area (Å²) in [5.41, 5.74) is 1.20. The first kappa shape index (κ1) is 16.7. The van der Waals surface area contributed by atoms with Gasteiger partial charge in [0.05, 0.1) is 5.56 Å². The Morgan fingerprint density at radius 3 is 1.71 bits per heavy atom. The van der Waals surface area contributed by atoms with Crippen molar-refractivity contribution in [1.82, 2.24) is 0 Å². The van der Waals surface area contributed by atoms with E-state index in [0.29, 0.717) is 23.8 Å². The molecule has 130 valence electrons. The molecule has 0 saturated carbocycles. The zero-order valence-corrected chi connectivity index (χ0v) is 16.7. The molecular formula is C20H29BrN2O+2. The second-order valence-corrected chi connectivity index (χ2v) is 9.87. The van der Waals surface area contributed by atoms with Gasteiger partial charge in [-0.25, -0.2) is 0 Å². The summed E-state index contributed by atoms with van der Waals surface area (Å²) in [5.74, 6) is 1.45. The number of benzene rings is 1. The van der Waals surface area contributed by atoms with Gasteiger partial charge in [-0.2, -0.15) is 0 Å². The van der Waals surface area contributed by atoms with Gasteiger partial charge in [-0.15, -0.1) is 0 Å². The van der Waals surface area contributed by atoms with Gasteiger partial charge < -0.3 is 0 Å². The third-order valence-electron chi connectivity index (χ3n) is 7.30. The van der Waals surface area contributed by atoms with Crippen LogP contribution in [0.15, 0.2) is 28.7 Å². The van der Waals surface area contributed by atoms with Crippen molar-refractivity contribution in [2.24, 2.45) is 22.7 Å². The predicted octanol–water partition coefficient (Wildman–Crippen LogP) is 1.11. The highest BCUT2D eigenvalue weighted by atomic mass is 79.9. The summed E-state index contributed by atoms with van der Waals surface area (Å²) in [6.45, 7) is 13.1. The Kier molecular flexibility index (Phi) is 3.76. The van der Waals surface area contributed by atoms with E-state index in [4.69, 9.17) is 0 Å². The van der Waals surface area contributed by atoms with Crippen LogP contribution in [-0.4, -0.2) is 32.0 Å². The van der Waals surface area contributed by atoms with Gasteiger partial charge in [0.1, 0.15) is 37.0 Å². The van der Waals surface area contributed by atoms with Crippen LogP contribution < -0.4 is 9.80 Å². The average Bonchev–Trinajstić information content (AvgIpc) is 2.52. The molecule has 3 nitrogen and oxygen atoms in total. The maximum Gasteiger partial charge on any atom is 0.240 e. The molecule has 1 aromatic rings. The SMILES string of the molecule is CC(C)C12C[NH+]3CC(C(C)C)(C[NH+](C1)C3c1ccc(Br)cc1)C2=O. The molecule has 0 spiro atoms. The minimum Gasteiger partial charge on any atom is -0.297 e. The Morgan fingerprint density at radius 2 is 1.33 bits per heavy atom. The van der Waals surface area contributed by atoms with Crippen molar-refractivity contribution >= 4 is 21.7 Å². The van der Waals surface area contributed by atoms with Crippen molar-refractivity contribution in [1.29, 1.82) is 0 Å². The van der Waals surface area contributed by atoms with E-state index in [9.17, 15) is 4.79 Å². The van der Waals surface area contributed by atoms with E-state index in [2.05, 4.69) is 67.9 Å². The van der Waals surface area contributed by atoms with Crippen molar-refractivity contribution in [2.75, 3.05) is 26.2 Å². The standard InChI is InChI=1S/C20H27BrN2O/c1-13(2)19-9-22-11-20(14(3)4,18(19)24)12-23(10-19)17(22)15-5-7-16(21)8-6-15/h5-8,13-14,17H,9-12H2,1-4H3/p+2. The first-order valence-electron chi connectivity index (χ1n) is 9.30. The number of hydrogen-bond acceptors (Lipinski definition) is 1. The van der Waals surface area contributed by atoms with Crippen LogP contribution in [0.4, 0.5) is 0 Å². The number of carbonyl (C=O) groups excluding carboxylic acids is 1. The fourth-order valence-electron chi connectivity index (χ4n) is 5.85. The van der Waals surface area contributed by atoms with Crippen LogP contribution in [0.3, 0.4) is 0 Å². The lowest BCUT2D eigenvalue weighted by atomic mass is 9.53. The van der Waals surface area contributed by atoms with E-state index in [1.807, 2.05) is 0 Å². The summed E-state index contributed by atoms with van der Waals surface area (Å²) in [5, 5.41) is 0. The third kappa shape index (κ3) is 2.06. The highest BCUT2D eigenvalue weighted by molar-refractivity contribution is 9.10. The van der Waals surface area contributed by atoms with Gasteiger partial charge in [-0.1, -0.05) is 43.6 Å². The van der Waals surface area contributed by atoms with Crippen LogP contribution in [0.5, 0.6) is 0 Å². The second kappa shape index (κ2) is 5.39. The number of quaternary nitrogens is 2. The van der Waals surface area contributed by atoms with Crippen LogP contribution in [0.25, 0.3) is 0 Å². The molecule has 2 N–H and O–H groups in total. The van der Waals surface area contributed by atoms with E-state index < -0.39 is 0 Å². The fourth-order valence-corrected chi connectivity index (χ4v) is 6.12. The fraction of sp³-hybridized carbons (Fsp3) is 0.650. The van der Waals surface area contributed by atoms with E-state index in [1.165, 1.54) is 5.56 Å². The number of nitrogens with one attached hydrogen (secondary N) is 2. The molecule has 4 heteroatoms. The molecule has 0 unspecified atom stereocenters. The number of halogens is 1. The molecule has 0 atom stereocenters. The maximum atomic E-state index is 13.6. The molecule has 4 fully saturated rings. The average molecular weight is 393 g/mol. The molecule has 4 aliphatic rings. The Labute approximate surface area is 153 Å². The summed E-state index contributed by atoms with van der Waals surface area (Å²) in [4.78, 5) is 16.8. The zero-order valence-electron chi connectivity index (χ0n) is 15.2. The molecule has 4 bridgehead atoms. The predicted molar refractivity (Wildman–Crippen MR) is 97.8 cm³/mol. The minimum absolute atomic E-state index is 0.114. The number of hydrogen-bond donors (Lipinski definition) is 2. The van der Waals surface area contributed by atoms with Crippen molar-refractivity contribution in [3.63, 3.8) is 0 Å². The van der Waals surface area contributed by atoms with Crippen molar-refractivity contribution in [2.45, 2.75) is 33.9 Å². The maximum absolute atomic E-state index is 13.6. The molecule has 0 aromatic heterocycles. The molecule has 0 radical (unpaired) electrons. The Bertz CT molecular complexity index is 621. The van der Waals surface area contributed by atoms with Crippen molar-refractivity contribution < 1.29 is 14.6 Å². The summed E-state index contributed by atoms with van der Waals surface area (Å²) in [6, 6.07) is 8.85. The Balaban J connectivity index is 1.78. The number of rotatable bonds is 3. The lowest BCUT2D eigenvalue weighted by molar-refractivity contribution is -1.18. The monoisotopic (exact) mass is 392 g/mol. The van der Waals surface area contributed by atoms with Crippen LogP contribution in [0.2, 0.25) is 0 Å². The quantitative estimate of drug-likeness (QED) is 0.791. The van der Waals surface area contributed by atoms with E-state index in [0.717, 1.165) is 30.7 Å². The molecule has 0 amide bonds. The molecular weight excluding hydrogens is 364 g/mol. The zero-order chi connectivity index (χ0) is 17.3. The van der Waals surface area contributed by atoms with Gasteiger partial charge >= 0.3 is 0 Å². The molecule has 4 heterocycles. The third-order valence-corrected chi connectivity index (χ3v) is 7.83.